The van der Waals surface area contributed by atoms with E-state index in [4.69, 9.17) is 9.47 Å². The van der Waals surface area contributed by atoms with Crippen LogP contribution < -0.4 is 20.9 Å². The molecule has 0 aliphatic carbocycles. The number of benzene rings is 1. The van der Waals surface area contributed by atoms with Gasteiger partial charge in [0, 0.05) is 19.1 Å². The maximum atomic E-state index is 13.8. The lowest BCUT2D eigenvalue weighted by molar-refractivity contribution is -0.138. The number of fused-ring (bicyclic) bond motifs is 1. The molecule has 4 rings (SSSR count). The van der Waals surface area contributed by atoms with Crippen LogP contribution in [0.4, 0.5) is 18.9 Å². The zero-order chi connectivity index (χ0) is 25.0. The number of hydrogen-bond donors (Lipinski definition) is 2. The molecule has 0 saturated heterocycles. The third kappa shape index (κ3) is 6.01. The summed E-state index contributed by atoms with van der Waals surface area (Å²) in [5, 5.41) is 14.4. The third-order valence-electron chi connectivity index (χ3n) is 5.56. The van der Waals surface area contributed by atoms with Gasteiger partial charge in [0.2, 0.25) is 0 Å². The van der Waals surface area contributed by atoms with Crippen molar-refractivity contribution in [1.82, 2.24) is 24.9 Å². The summed E-state index contributed by atoms with van der Waals surface area (Å²) in [6, 6.07) is 8.10. The maximum Gasteiger partial charge on any atom is 0.423 e. The first kappa shape index (κ1) is 24.7. The zero-order valence-corrected chi connectivity index (χ0v) is 19.4. The number of halogens is 3. The second-order valence-corrected chi connectivity index (χ2v) is 8.33. The number of rotatable bonds is 9. The van der Waals surface area contributed by atoms with Gasteiger partial charge in [0.1, 0.15) is 11.3 Å². The fraction of sp³-hybridized carbons (Fsp3) is 0.435. The number of ether oxygens (including phenoxy) is 2. The minimum Gasteiger partial charge on any atom is -0.497 e. The summed E-state index contributed by atoms with van der Waals surface area (Å²) in [6.45, 7) is 4.30. The van der Waals surface area contributed by atoms with Crippen LogP contribution >= 0.6 is 0 Å². The van der Waals surface area contributed by atoms with Gasteiger partial charge in [0.05, 0.1) is 56.7 Å². The van der Waals surface area contributed by atoms with E-state index in [-0.39, 0.29) is 25.4 Å². The van der Waals surface area contributed by atoms with E-state index in [2.05, 4.69) is 20.8 Å². The van der Waals surface area contributed by atoms with Gasteiger partial charge in [-0.15, -0.1) is 0 Å². The van der Waals surface area contributed by atoms with Crippen molar-refractivity contribution < 1.29 is 22.6 Å². The lowest BCUT2D eigenvalue weighted by atomic mass is 10.2. The summed E-state index contributed by atoms with van der Waals surface area (Å²) in [7, 11) is 1.51. The summed E-state index contributed by atoms with van der Waals surface area (Å²) < 4.78 is 54.9. The van der Waals surface area contributed by atoms with E-state index in [0.29, 0.717) is 11.3 Å². The monoisotopic (exact) mass is 492 g/mol. The van der Waals surface area contributed by atoms with Gasteiger partial charge in [-0.2, -0.15) is 23.4 Å². The molecule has 1 unspecified atom stereocenters. The summed E-state index contributed by atoms with van der Waals surface area (Å²) >= 11 is 0. The minimum atomic E-state index is -4.85. The fourth-order valence-corrected chi connectivity index (χ4v) is 3.86. The van der Waals surface area contributed by atoms with Crippen molar-refractivity contribution >= 4 is 5.69 Å². The van der Waals surface area contributed by atoms with Gasteiger partial charge in [0.25, 0.3) is 5.56 Å². The first-order valence-electron chi connectivity index (χ1n) is 11.2. The average molecular weight is 493 g/mol. The van der Waals surface area contributed by atoms with Crippen molar-refractivity contribution in [2.24, 2.45) is 0 Å². The van der Waals surface area contributed by atoms with E-state index in [1.807, 2.05) is 10.7 Å². The van der Waals surface area contributed by atoms with Crippen LogP contribution in [0.3, 0.4) is 0 Å². The molecule has 0 amide bonds. The van der Waals surface area contributed by atoms with Crippen LogP contribution in [-0.4, -0.2) is 45.9 Å². The van der Waals surface area contributed by atoms with Crippen molar-refractivity contribution in [1.29, 1.82) is 0 Å². The normalized spacial score (nSPS) is 14.4. The molecule has 0 fully saturated rings. The number of nitrogens with zero attached hydrogens (tertiary/aromatic N) is 4. The van der Waals surface area contributed by atoms with E-state index < -0.39 is 23.3 Å². The van der Waals surface area contributed by atoms with Crippen LogP contribution in [-0.2, 0) is 37.2 Å². The van der Waals surface area contributed by atoms with Crippen molar-refractivity contribution in [3.05, 3.63) is 69.4 Å². The van der Waals surface area contributed by atoms with Crippen LogP contribution in [0.5, 0.6) is 5.75 Å². The quantitative estimate of drug-likeness (QED) is 0.474. The van der Waals surface area contributed by atoms with Crippen LogP contribution in [0.15, 0.2) is 41.3 Å². The molecule has 3 heterocycles. The fourth-order valence-electron chi connectivity index (χ4n) is 3.86. The van der Waals surface area contributed by atoms with E-state index >= 15 is 0 Å². The minimum absolute atomic E-state index is 0.102. The molecule has 0 spiro atoms. The van der Waals surface area contributed by atoms with Crippen LogP contribution in [0, 0.1) is 0 Å². The SMILES string of the molecule is COc1ccc(Cn2ncc(NC(C)COCc3cc4n(n3)CCNC4)c(C(F)(F)F)c2=O)cc1. The lowest BCUT2D eigenvalue weighted by Gasteiger charge is -2.19. The number of hydrogen-bond acceptors (Lipinski definition) is 7. The molecule has 2 N–H and O–H groups in total. The molecule has 0 radical (unpaired) electrons. The highest BCUT2D eigenvalue weighted by molar-refractivity contribution is 5.50. The topological polar surface area (TPSA) is 95.2 Å². The zero-order valence-electron chi connectivity index (χ0n) is 19.4. The Hall–Kier alpha value is -3.38. The van der Waals surface area contributed by atoms with E-state index in [1.165, 1.54) is 7.11 Å². The van der Waals surface area contributed by atoms with Crippen molar-refractivity contribution in [2.45, 2.75) is 45.4 Å². The summed E-state index contributed by atoms with van der Waals surface area (Å²) in [4.78, 5) is 12.7. The summed E-state index contributed by atoms with van der Waals surface area (Å²) in [5.74, 6) is 0.602. The molecule has 1 aliphatic heterocycles. The number of methoxy groups -OCH3 is 1. The average Bonchev–Trinajstić information content (AvgIpc) is 3.23. The first-order valence-corrected chi connectivity index (χ1v) is 11.2. The molecule has 188 valence electrons. The predicted molar refractivity (Wildman–Crippen MR) is 122 cm³/mol. The van der Waals surface area contributed by atoms with Crippen molar-refractivity contribution in [2.75, 3.05) is 25.6 Å². The Morgan fingerprint density at radius 3 is 2.71 bits per heavy atom. The summed E-state index contributed by atoms with van der Waals surface area (Å²) in [5.41, 5.74) is -0.446. The molecule has 12 heteroatoms. The highest BCUT2D eigenvalue weighted by Crippen LogP contribution is 2.32. The Bertz CT molecular complexity index is 1180. The molecule has 0 saturated carbocycles. The maximum absolute atomic E-state index is 13.8. The molecule has 1 aliphatic rings. The van der Waals surface area contributed by atoms with Gasteiger partial charge in [-0.3, -0.25) is 9.48 Å². The van der Waals surface area contributed by atoms with Gasteiger partial charge in [-0.25, -0.2) is 4.68 Å². The van der Waals surface area contributed by atoms with Gasteiger partial charge in [0.15, 0.2) is 0 Å². The molecule has 35 heavy (non-hydrogen) atoms. The predicted octanol–water partition coefficient (Wildman–Crippen LogP) is 2.64. The molecule has 3 aromatic rings. The standard InChI is InChI=1S/C23H27F3N6O3/c1-15(13-35-14-17-9-18-10-27-7-8-31(18)30-17)29-20-11-28-32(22(33)21(20)23(24,25)26)12-16-3-5-19(34-2)6-4-16/h3-6,9,11,15,27,29H,7-8,10,12-14H2,1-2H3. The molecule has 1 atom stereocenters. The Morgan fingerprint density at radius 2 is 2.03 bits per heavy atom. The molecule has 9 nitrogen and oxygen atoms in total. The second-order valence-electron chi connectivity index (χ2n) is 8.33. The molecular weight excluding hydrogens is 465 g/mol. The van der Waals surface area contributed by atoms with E-state index in [9.17, 15) is 18.0 Å². The van der Waals surface area contributed by atoms with Crippen molar-refractivity contribution in [3.63, 3.8) is 0 Å². The van der Waals surface area contributed by atoms with Crippen molar-refractivity contribution in [3.8, 4) is 5.75 Å². The summed E-state index contributed by atoms with van der Waals surface area (Å²) in [6.07, 6.45) is -3.82. The number of aromatic nitrogens is 4. The number of anilines is 1. The lowest BCUT2D eigenvalue weighted by Crippen LogP contribution is -2.34. The second kappa shape index (κ2) is 10.5. The molecule has 0 bridgehead atoms. The van der Waals surface area contributed by atoms with Gasteiger partial charge in [-0.1, -0.05) is 12.1 Å². The Morgan fingerprint density at radius 1 is 1.26 bits per heavy atom. The third-order valence-corrected chi connectivity index (χ3v) is 5.56. The molecule has 1 aromatic carbocycles. The Kier molecular flexibility index (Phi) is 7.41. The highest BCUT2D eigenvalue weighted by Gasteiger charge is 2.38. The van der Waals surface area contributed by atoms with Gasteiger partial charge in [-0.05, 0) is 30.7 Å². The molecular formula is C23H27F3N6O3. The number of alkyl halides is 3. The smallest absolute Gasteiger partial charge is 0.423 e. The first-order chi connectivity index (χ1) is 16.7. The highest BCUT2D eigenvalue weighted by atomic mass is 19.4. The Labute approximate surface area is 199 Å². The van der Waals surface area contributed by atoms with Crippen LogP contribution in [0.2, 0.25) is 0 Å². The largest absolute Gasteiger partial charge is 0.497 e. The number of nitrogens with one attached hydrogen (secondary N) is 2. The van der Waals surface area contributed by atoms with Gasteiger partial charge >= 0.3 is 6.18 Å². The van der Waals surface area contributed by atoms with Crippen LogP contribution in [0.1, 0.15) is 29.4 Å². The van der Waals surface area contributed by atoms with E-state index in [0.717, 1.165) is 41.9 Å². The van der Waals surface area contributed by atoms with Crippen LogP contribution in [0.25, 0.3) is 0 Å². The Balaban J connectivity index is 1.42. The van der Waals surface area contributed by atoms with E-state index in [1.54, 1.807) is 31.2 Å². The molecule has 2 aromatic heterocycles. The van der Waals surface area contributed by atoms with Gasteiger partial charge < -0.3 is 20.1 Å².